The third kappa shape index (κ3) is 4.38. The number of nitrogens with one attached hydrogen (secondary N) is 1. The standard InChI is InChI=1S/C24H22N4O2/c1-17-7-6-10-20(13-17)23-21(14-25-26-24(29)22-11-12-30-18(22)2)16-28(27-23)15-19-8-4-3-5-9-19/h3-14,16H,15H2,1-2H3,(H,26,29)/b25-14-. The van der Waals surface area contributed by atoms with Gasteiger partial charge in [-0.25, -0.2) is 5.43 Å². The molecule has 0 unspecified atom stereocenters. The van der Waals surface area contributed by atoms with Crippen molar-refractivity contribution in [2.75, 3.05) is 0 Å². The van der Waals surface area contributed by atoms with Gasteiger partial charge in [0.25, 0.3) is 5.91 Å². The number of carbonyl (C=O) groups is 1. The molecule has 6 heteroatoms. The van der Waals surface area contributed by atoms with Crippen molar-refractivity contribution in [1.82, 2.24) is 15.2 Å². The zero-order valence-electron chi connectivity index (χ0n) is 16.9. The van der Waals surface area contributed by atoms with Crippen LogP contribution in [0, 0.1) is 13.8 Å². The van der Waals surface area contributed by atoms with Crippen molar-refractivity contribution in [2.24, 2.45) is 5.10 Å². The van der Waals surface area contributed by atoms with Gasteiger partial charge in [-0.2, -0.15) is 10.2 Å². The lowest BCUT2D eigenvalue weighted by Crippen LogP contribution is -2.17. The molecule has 150 valence electrons. The van der Waals surface area contributed by atoms with Crippen molar-refractivity contribution < 1.29 is 9.21 Å². The predicted octanol–water partition coefficient (Wildman–Crippen LogP) is 4.57. The molecule has 4 aromatic rings. The van der Waals surface area contributed by atoms with E-state index in [0.717, 1.165) is 27.9 Å². The Morgan fingerprint density at radius 2 is 1.97 bits per heavy atom. The first-order valence-electron chi connectivity index (χ1n) is 9.66. The van der Waals surface area contributed by atoms with E-state index in [0.29, 0.717) is 17.9 Å². The van der Waals surface area contributed by atoms with E-state index in [2.05, 4.69) is 28.7 Å². The molecular weight excluding hydrogens is 376 g/mol. The summed E-state index contributed by atoms with van der Waals surface area (Å²) in [6.07, 6.45) is 5.04. The van der Waals surface area contributed by atoms with E-state index in [4.69, 9.17) is 9.52 Å². The molecule has 0 aliphatic heterocycles. The molecule has 0 saturated carbocycles. The Bertz CT molecular complexity index is 1190. The summed E-state index contributed by atoms with van der Waals surface area (Å²) >= 11 is 0. The highest BCUT2D eigenvalue weighted by molar-refractivity contribution is 5.96. The number of aryl methyl sites for hydroxylation is 2. The fraction of sp³-hybridized carbons (Fsp3) is 0.125. The van der Waals surface area contributed by atoms with Crippen LogP contribution in [0.1, 0.15) is 32.8 Å². The topological polar surface area (TPSA) is 72.4 Å². The van der Waals surface area contributed by atoms with Gasteiger partial charge in [0, 0.05) is 17.3 Å². The lowest BCUT2D eigenvalue weighted by atomic mass is 10.1. The summed E-state index contributed by atoms with van der Waals surface area (Å²) in [6, 6.07) is 19.9. The molecule has 2 aromatic carbocycles. The van der Waals surface area contributed by atoms with Gasteiger partial charge in [0.1, 0.15) is 11.5 Å². The second-order valence-electron chi connectivity index (χ2n) is 7.08. The molecule has 2 aromatic heterocycles. The summed E-state index contributed by atoms with van der Waals surface area (Å²) in [6.45, 7) is 4.43. The van der Waals surface area contributed by atoms with Crippen molar-refractivity contribution in [1.29, 1.82) is 0 Å². The van der Waals surface area contributed by atoms with Crippen LogP contribution in [0.2, 0.25) is 0 Å². The summed E-state index contributed by atoms with van der Waals surface area (Å²) in [5.41, 5.74) is 7.96. The van der Waals surface area contributed by atoms with Gasteiger partial charge in [-0.15, -0.1) is 0 Å². The normalized spacial score (nSPS) is 11.1. The molecule has 0 aliphatic rings. The van der Waals surface area contributed by atoms with Crippen molar-refractivity contribution >= 4 is 12.1 Å². The number of carbonyl (C=O) groups excluding carboxylic acids is 1. The number of amides is 1. The molecule has 0 bridgehead atoms. The maximum Gasteiger partial charge on any atom is 0.274 e. The van der Waals surface area contributed by atoms with Crippen molar-refractivity contribution in [3.05, 3.63) is 101 Å². The third-order valence-electron chi connectivity index (χ3n) is 4.74. The first kappa shape index (κ1) is 19.4. The summed E-state index contributed by atoms with van der Waals surface area (Å²) in [7, 11) is 0. The predicted molar refractivity (Wildman–Crippen MR) is 116 cm³/mol. The van der Waals surface area contributed by atoms with E-state index in [1.54, 1.807) is 19.2 Å². The molecule has 0 spiro atoms. The molecule has 0 fully saturated rings. The lowest BCUT2D eigenvalue weighted by Gasteiger charge is -2.02. The Labute approximate surface area is 174 Å². The minimum atomic E-state index is -0.314. The Kier molecular flexibility index (Phi) is 5.57. The number of hydrogen-bond acceptors (Lipinski definition) is 4. The molecule has 4 rings (SSSR count). The van der Waals surface area contributed by atoms with Crippen LogP contribution < -0.4 is 5.43 Å². The van der Waals surface area contributed by atoms with E-state index in [1.165, 1.54) is 6.26 Å². The van der Waals surface area contributed by atoms with Crippen LogP contribution >= 0.6 is 0 Å². The number of benzene rings is 2. The number of hydrogen-bond donors (Lipinski definition) is 1. The smallest absolute Gasteiger partial charge is 0.274 e. The summed E-state index contributed by atoms with van der Waals surface area (Å²) in [4.78, 5) is 12.3. The molecule has 1 amide bonds. The molecule has 30 heavy (non-hydrogen) atoms. The number of nitrogens with zero attached hydrogens (tertiary/aromatic N) is 3. The van der Waals surface area contributed by atoms with E-state index in [1.807, 2.05) is 54.2 Å². The molecule has 0 atom stereocenters. The molecule has 1 N–H and O–H groups in total. The van der Waals surface area contributed by atoms with E-state index >= 15 is 0 Å². The number of hydrazone groups is 1. The quantitative estimate of drug-likeness (QED) is 0.382. The Morgan fingerprint density at radius 3 is 2.70 bits per heavy atom. The first-order valence-corrected chi connectivity index (χ1v) is 9.66. The second-order valence-corrected chi connectivity index (χ2v) is 7.08. The van der Waals surface area contributed by atoms with Crippen LogP contribution in [0.25, 0.3) is 11.3 Å². The van der Waals surface area contributed by atoms with E-state index < -0.39 is 0 Å². The average molecular weight is 398 g/mol. The molecule has 2 heterocycles. The van der Waals surface area contributed by atoms with Gasteiger partial charge in [0.05, 0.1) is 24.6 Å². The zero-order chi connectivity index (χ0) is 20.9. The highest BCUT2D eigenvalue weighted by Gasteiger charge is 2.12. The van der Waals surface area contributed by atoms with Crippen molar-refractivity contribution in [3.8, 4) is 11.3 Å². The van der Waals surface area contributed by atoms with Crippen LogP contribution in [0.4, 0.5) is 0 Å². The lowest BCUT2D eigenvalue weighted by molar-refractivity contribution is 0.0953. The zero-order valence-corrected chi connectivity index (χ0v) is 16.9. The summed E-state index contributed by atoms with van der Waals surface area (Å²) in [5.74, 6) is 0.241. The second kappa shape index (κ2) is 8.61. The Hall–Kier alpha value is -3.93. The molecule has 0 aliphatic carbocycles. The largest absolute Gasteiger partial charge is 0.469 e. The van der Waals surface area contributed by atoms with Crippen LogP contribution in [-0.4, -0.2) is 21.9 Å². The van der Waals surface area contributed by atoms with Gasteiger partial charge in [-0.1, -0.05) is 54.1 Å². The van der Waals surface area contributed by atoms with Crippen LogP contribution in [0.3, 0.4) is 0 Å². The van der Waals surface area contributed by atoms with Crippen LogP contribution in [0.5, 0.6) is 0 Å². The van der Waals surface area contributed by atoms with Crippen molar-refractivity contribution in [3.63, 3.8) is 0 Å². The number of rotatable bonds is 6. The third-order valence-corrected chi connectivity index (χ3v) is 4.74. The molecule has 0 radical (unpaired) electrons. The number of aromatic nitrogens is 2. The minimum absolute atomic E-state index is 0.314. The highest BCUT2D eigenvalue weighted by Crippen LogP contribution is 2.22. The molecule has 0 saturated heterocycles. The Balaban J connectivity index is 1.61. The average Bonchev–Trinajstić information content (AvgIpc) is 3.35. The SMILES string of the molecule is Cc1cccc(-c2nn(Cc3ccccc3)cc2/C=N\NC(=O)c2ccoc2C)c1. The fourth-order valence-corrected chi connectivity index (χ4v) is 3.24. The Morgan fingerprint density at radius 1 is 1.13 bits per heavy atom. The monoisotopic (exact) mass is 398 g/mol. The molecule has 6 nitrogen and oxygen atoms in total. The van der Waals surface area contributed by atoms with Gasteiger partial charge in [0.15, 0.2) is 0 Å². The van der Waals surface area contributed by atoms with Crippen LogP contribution in [0.15, 0.2) is 82.6 Å². The fourth-order valence-electron chi connectivity index (χ4n) is 3.24. The van der Waals surface area contributed by atoms with Gasteiger partial charge >= 0.3 is 0 Å². The van der Waals surface area contributed by atoms with Gasteiger partial charge in [0.2, 0.25) is 0 Å². The number of furan rings is 1. The van der Waals surface area contributed by atoms with Crippen LogP contribution in [-0.2, 0) is 6.54 Å². The summed E-state index contributed by atoms with van der Waals surface area (Å²) in [5, 5.41) is 8.92. The van der Waals surface area contributed by atoms with E-state index in [-0.39, 0.29) is 5.91 Å². The van der Waals surface area contributed by atoms with Gasteiger partial charge in [-0.05, 0) is 31.5 Å². The molecular formula is C24H22N4O2. The maximum absolute atomic E-state index is 12.3. The first-order chi connectivity index (χ1) is 14.6. The van der Waals surface area contributed by atoms with Crippen molar-refractivity contribution in [2.45, 2.75) is 20.4 Å². The summed E-state index contributed by atoms with van der Waals surface area (Å²) < 4.78 is 7.06. The van der Waals surface area contributed by atoms with Gasteiger partial charge < -0.3 is 4.42 Å². The minimum Gasteiger partial charge on any atom is -0.469 e. The highest BCUT2D eigenvalue weighted by atomic mass is 16.3. The van der Waals surface area contributed by atoms with E-state index in [9.17, 15) is 4.79 Å². The maximum atomic E-state index is 12.3. The van der Waals surface area contributed by atoms with Gasteiger partial charge in [-0.3, -0.25) is 9.48 Å².